The Kier molecular flexibility index (Phi) is 7.00. The first kappa shape index (κ1) is 24.5. The van der Waals surface area contributed by atoms with E-state index in [-0.39, 0.29) is 42.9 Å². The van der Waals surface area contributed by atoms with Gasteiger partial charge in [0.2, 0.25) is 5.91 Å². The van der Waals surface area contributed by atoms with Crippen LogP contribution in [0.15, 0.2) is 24.3 Å². The number of carbonyl (C=O) groups is 3. The Hall–Kier alpha value is -3.10. The second-order valence-corrected chi connectivity index (χ2v) is 10.1. The van der Waals surface area contributed by atoms with Gasteiger partial charge in [-0.15, -0.1) is 0 Å². The lowest BCUT2D eigenvalue weighted by molar-refractivity contribution is -0.129. The smallest absolute Gasteiger partial charge is 0.410 e. The van der Waals surface area contributed by atoms with E-state index < -0.39 is 11.7 Å². The third-order valence-corrected chi connectivity index (χ3v) is 5.60. The van der Waals surface area contributed by atoms with Crippen LogP contribution in [0, 0.1) is 0 Å². The van der Waals surface area contributed by atoms with Crippen molar-refractivity contribution in [3.8, 4) is 0 Å². The minimum absolute atomic E-state index is 0.0813. The number of aromatic nitrogens is 2. The molecule has 0 saturated carbocycles. The molecule has 2 heterocycles. The lowest BCUT2D eigenvalue weighted by Gasteiger charge is -2.28. The Bertz CT molecular complexity index is 1040. The van der Waals surface area contributed by atoms with Gasteiger partial charge in [-0.1, -0.05) is 18.2 Å². The quantitative estimate of drug-likeness (QED) is 0.744. The maximum absolute atomic E-state index is 13.2. The van der Waals surface area contributed by atoms with E-state index in [4.69, 9.17) is 4.74 Å². The van der Waals surface area contributed by atoms with Gasteiger partial charge in [0.1, 0.15) is 5.60 Å². The Morgan fingerprint density at radius 1 is 1.21 bits per heavy atom. The van der Waals surface area contributed by atoms with Crippen molar-refractivity contribution in [2.45, 2.75) is 71.2 Å². The number of amides is 3. The molecule has 1 aliphatic heterocycles. The van der Waals surface area contributed by atoms with Crippen molar-refractivity contribution in [1.29, 1.82) is 0 Å². The number of rotatable bonds is 5. The van der Waals surface area contributed by atoms with Gasteiger partial charge in [-0.05, 0) is 47.1 Å². The van der Waals surface area contributed by atoms with Crippen LogP contribution in [-0.4, -0.2) is 75.8 Å². The second-order valence-electron chi connectivity index (χ2n) is 10.1. The first-order chi connectivity index (χ1) is 15.4. The van der Waals surface area contributed by atoms with E-state index >= 15 is 0 Å². The molecular formula is C24H35N5O4. The lowest BCUT2D eigenvalue weighted by Crippen LogP contribution is -2.43. The van der Waals surface area contributed by atoms with Gasteiger partial charge in [0.05, 0.1) is 5.52 Å². The van der Waals surface area contributed by atoms with Gasteiger partial charge < -0.3 is 19.9 Å². The molecule has 0 aliphatic carbocycles. The SMILES string of the molecule is CC(C)n1nc(C(=O)N[C@H]2C[C@@H](CC(=O)N(C)C)N(C(=O)OC(C)(C)C)C2)c2ccccc21. The zero-order valence-corrected chi connectivity index (χ0v) is 20.6. The summed E-state index contributed by atoms with van der Waals surface area (Å²) in [6, 6.07) is 7.07. The third kappa shape index (κ3) is 5.64. The Balaban J connectivity index is 1.80. The fraction of sp³-hybridized carbons (Fsp3) is 0.583. The predicted octanol–water partition coefficient (Wildman–Crippen LogP) is 3.20. The van der Waals surface area contributed by atoms with Gasteiger partial charge in [0, 0.05) is 50.6 Å². The Labute approximate surface area is 195 Å². The summed E-state index contributed by atoms with van der Waals surface area (Å²) in [5.74, 6) is -0.374. The molecule has 9 nitrogen and oxygen atoms in total. The molecule has 0 radical (unpaired) electrons. The summed E-state index contributed by atoms with van der Waals surface area (Å²) in [7, 11) is 3.37. The number of hydrogen-bond acceptors (Lipinski definition) is 5. The molecule has 1 aromatic carbocycles. The number of nitrogens with one attached hydrogen (secondary N) is 1. The maximum Gasteiger partial charge on any atom is 0.410 e. The molecule has 3 amide bonds. The summed E-state index contributed by atoms with van der Waals surface area (Å²) in [6.45, 7) is 9.71. The first-order valence-corrected chi connectivity index (χ1v) is 11.3. The van der Waals surface area contributed by atoms with Crippen LogP contribution in [0.1, 0.15) is 64.0 Å². The molecule has 1 aliphatic rings. The van der Waals surface area contributed by atoms with Crippen molar-refractivity contribution >= 4 is 28.8 Å². The highest BCUT2D eigenvalue weighted by molar-refractivity contribution is 6.05. The number of fused-ring (bicyclic) bond motifs is 1. The average Bonchev–Trinajstić information content (AvgIpc) is 3.28. The minimum atomic E-state index is -0.656. The molecule has 180 valence electrons. The van der Waals surface area contributed by atoms with Crippen LogP contribution in [0.2, 0.25) is 0 Å². The van der Waals surface area contributed by atoms with Crippen molar-refractivity contribution in [2.75, 3.05) is 20.6 Å². The van der Waals surface area contributed by atoms with Gasteiger partial charge >= 0.3 is 6.09 Å². The van der Waals surface area contributed by atoms with Crippen LogP contribution in [-0.2, 0) is 9.53 Å². The zero-order valence-electron chi connectivity index (χ0n) is 20.6. The molecule has 1 aromatic heterocycles. The van der Waals surface area contributed by atoms with Crippen LogP contribution in [0.4, 0.5) is 4.79 Å². The van der Waals surface area contributed by atoms with E-state index in [9.17, 15) is 14.4 Å². The summed E-state index contributed by atoms with van der Waals surface area (Å²) in [4.78, 5) is 41.4. The highest BCUT2D eigenvalue weighted by Gasteiger charge is 2.39. The molecular weight excluding hydrogens is 422 g/mol. The number of likely N-dealkylation sites (tertiary alicyclic amines) is 1. The summed E-state index contributed by atoms with van der Waals surface area (Å²) >= 11 is 0. The fourth-order valence-electron chi connectivity index (χ4n) is 4.05. The number of benzene rings is 1. The summed E-state index contributed by atoms with van der Waals surface area (Å²) < 4.78 is 7.39. The third-order valence-electron chi connectivity index (χ3n) is 5.60. The second kappa shape index (κ2) is 9.41. The average molecular weight is 458 g/mol. The van der Waals surface area contributed by atoms with Gasteiger partial charge in [-0.3, -0.25) is 14.3 Å². The van der Waals surface area contributed by atoms with Crippen LogP contribution in [0.3, 0.4) is 0 Å². The predicted molar refractivity (Wildman–Crippen MR) is 126 cm³/mol. The normalized spacial score (nSPS) is 18.6. The largest absolute Gasteiger partial charge is 0.444 e. The van der Waals surface area contributed by atoms with Crippen molar-refractivity contribution in [2.24, 2.45) is 0 Å². The molecule has 1 saturated heterocycles. The van der Waals surface area contributed by atoms with Crippen molar-refractivity contribution in [3.05, 3.63) is 30.0 Å². The van der Waals surface area contributed by atoms with E-state index in [1.54, 1.807) is 39.8 Å². The van der Waals surface area contributed by atoms with Crippen molar-refractivity contribution < 1.29 is 19.1 Å². The Morgan fingerprint density at radius 3 is 2.48 bits per heavy atom. The summed E-state index contributed by atoms with van der Waals surface area (Å²) in [5, 5.41) is 8.38. The number of nitrogens with zero attached hydrogens (tertiary/aromatic N) is 4. The Morgan fingerprint density at radius 2 is 1.88 bits per heavy atom. The summed E-state index contributed by atoms with van der Waals surface area (Å²) in [5.41, 5.74) is 0.599. The molecule has 2 atom stereocenters. The molecule has 33 heavy (non-hydrogen) atoms. The molecule has 1 N–H and O–H groups in total. The maximum atomic E-state index is 13.2. The number of hydrogen-bond donors (Lipinski definition) is 1. The van der Waals surface area contributed by atoms with E-state index in [2.05, 4.69) is 10.4 Å². The lowest BCUT2D eigenvalue weighted by atomic mass is 10.1. The van der Waals surface area contributed by atoms with E-state index in [0.717, 1.165) is 10.9 Å². The van der Waals surface area contributed by atoms with Crippen LogP contribution in [0.25, 0.3) is 10.9 Å². The van der Waals surface area contributed by atoms with E-state index in [1.165, 1.54) is 4.90 Å². The molecule has 0 unspecified atom stereocenters. The van der Waals surface area contributed by atoms with Gasteiger partial charge in [0.25, 0.3) is 5.91 Å². The zero-order chi connectivity index (χ0) is 24.5. The van der Waals surface area contributed by atoms with Gasteiger partial charge in [-0.2, -0.15) is 5.10 Å². The number of carbonyl (C=O) groups excluding carboxylic acids is 3. The minimum Gasteiger partial charge on any atom is -0.444 e. The highest BCUT2D eigenvalue weighted by atomic mass is 16.6. The molecule has 9 heteroatoms. The molecule has 2 aromatic rings. The highest BCUT2D eigenvalue weighted by Crippen LogP contribution is 2.26. The van der Waals surface area contributed by atoms with Crippen LogP contribution in [0.5, 0.6) is 0 Å². The number of ether oxygens (including phenoxy) is 1. The topological polar surface area (TPSA) is 96.8 Å². The van der Waals surface area contributed by atoms with E-state index in [0.29, 0.717) is 12.1 Å². The van der Waals surface area contributed by atoms with Crippen LogP contribution < -0.4 is 5.32 Å². The molecule has 3 rings (SSSR count). The molecule has 1 fully saturated rings. The molecule has 0 bridgehead atoms. The first-order valence-electron chi connectivity index (χ1n) is 11.3. The number of para-hydroxylation sites is 1. The molecule has 0 spiro atoms. The van der Waals surface area contributed by atoms with Crippen LogP contribution >= 0.6 is 0 Å². The monoisotopic (exact) mass is 457 g/mol. The van der Waals surface area contributed by atoms with E-state index in [1.807, 2.05) is 42.8 Å². The van der Waals surface area contributed by atoms with Crippen molar-refractivity contribution in [1.82, 2.24) is 24.9 Å². The summed E-state index contributed by atoms with van der Waals surface area (Å²) in [6.07, 6.45) is 0.155. The van der Waals surface area contributed by atoms with Gasteiger partial charge in [0.15, 0.2) is 5.69 Å². The van der Waals surface area contributed by atoms with Gasteiger partial charge in [-0.25, -0.2) is 4.79 Å². The standard InChI is InChI=1S/C24H35N5O4/c1-15(2)29-19-11-9-8-10-18(19)21(26-29)22(31)25-16-12-17(13-20(30)27(6)7)28(14-16)23(32)33-24(3,4)5/h8-11,15-17H,12-14H2,1-7H3,(H,25,31)/t16-,17-/m0/s1. The fourth-order valence-corrected chi connectivity index (χ4v) is 4.05. The van der Waals surface area contributed by atoms with Crippen molar-refractivity contribution in [3.63, 3.8) is 0 Å².